The smallest absolute Gasteiger partial charge is 0.411 e. The quantitative estimate of drug-likeness (QED) is 0.0425. The molecule has 308 valence electrons. The Bertz CT molecular complexity index is 1660. The third-order valence-electron chi connectivity index (χ3n) is 10.6. The Kier molecular flexibility index (Phi) is 22.1. The molecule has 2 heterocycles. The van der Waals surface area contributed by atoms with Gasteiger partial charge in [-0.1, -0.05) is 101 Å². The molecule has 0 spiro atoms. The Morgan fingerprint density at radius 2 is 0.842 bits per heavy atom. The van der Waals surface area contributed by atoms with E-state index in [1.165, 1.54) is 121 Å². The molecule has 0 fully saturated rings. The van der Waals surface area contributed by atoms with Crippen LogP contribution < -0.4 is 19.8 Å². The molecule has 0 saturated carbocycles. The maximum Gasteiger partial charge on any atom is 0.411 e. The van der Waals surface area contributed by atoms with Gasteiger partial charge in [0, 0.05) is 69.1 Å². The molecule has 4 rings (SSSR count). The number of benzene rings is 2. The van der Waals surface area contributed by atoms with Crippen molar-refractivity contribution >= 4 is 23.4 Å². The lowest BCUT2D eigenvalue weighted by molar-refractivity contribution is -0.697. The van der Waals surface area contributed by atoms with E-state index in [9.17, 15) is 9.59 Å². The molecule has 0 saturated heterocycles. The second-order valence-corrected chi connectivity index (χ2v) is 15.5. The lowest BCUT2D eigenvalue weighted by Crippen LogP contribution is -2.33. The molecule has 2 aromatic carbocycles. The van der Waals surface area contributed by atoms with Crippen LogP contribution in [0.25, 0.3) is 11.1 Å². The van der Waals surface area contributed by atoms with Crippen LogP contribution in [0.2, 0.25) is 0 Å². The van der Waals surface area contributed by atoms with Crippen LogP contribution in [-0.4, -0.2) is 32.3 Å². The van der Waals surface area contributed by atoms with Gasteiger partial charge in [0.15, 0.2) is 24.8 Å². The summed E-state index contributed by atoms with van der Waals surface area (Å²) < 4.78 is 15.2. The molecule has 0 aliphatic rings. The summed E-state index contributed by atoms with van der Waals surface area (Å²) in [6.07, 6.45) is 31.9. The first-order valence-corrected chi connectivity index (χ1v) is 21.9. The SMILES string of the molecule is COCCCCCCCCCCC[n+]1ccc(-c2cc[n+](CCCCCCCCCCCOC(=O)Nc3ccc(Cc4ccc(NC(C)=O)cc4)cc3)cc2)cc1. The molecule has 0 atom stereocenters. The highest BCUT2D eigenvalue weighted by Crippen LogP contribution is 2.18. The third-order valence-corrected chi connectivity index (χ3v) is 10.6. The highest BCUT2D eigenvalue weighted by molar-refractivity contribution is 5.88. The highest BCUT2D eigenvalue weighted by Gasteiger charge is 2.08. The Morgan fingerprint density at radius 3 is 1.25 bits per heavy atom. The fourth-order valence-corrected chi connectivity index (χ4v) is 7.18. The van der Waals surface area contributed by atoms with E-state index < -0.39 is 6.09 Å². The number of unbranched alkanes of at least 4 members (excludes halogenated alkanes) is 16. The Hall–Kier alpha value is -4.56. The lowest BCUT2D eigenvalue weighted by atomic mass is 10.0. The van der Waals surface area contributed by atoms with E-state index in [1.807, 2.05) is 48.5 Å². The van der Waals surface area contributed by atoms with Crippen LogP contribution in [-0.2, 0) is 33.8 Å². The third kappa shape index (κ3) is 19.9. The Balaban J connectivity index is 0.940. The zero-order chi connectivity index (χ0) is 40.2. The molecule has 2 amide bonds. The van der Waals surface area contributed by atoms with Crippen molar-refractivity contribution in [2.75, 3.05) is 31.0 Å². The van der Waals surface area contributed by atoms with E-state index in [2.05, 4.69) is 68.8 Å². The summed E-state index contributed by atoms with van der Waals surface area (Å²) >= 11 is 0. The molecule has 0 bridgehead atoms. The molecule has 0 aliphatic carbocycles. The maximum absolute atomic E-state index is 12.2. The summed E-state index contributed by atoms with van der Waals surface area (Å²) in [6, 6.07) is 24.6. The summed E-state index contributed by atoms with van der Waals surface area (Å²) in [4.78, 5) is 23.4. The van der Waals surface area contributed by atoms with Crippen molar-refractivity contribution in [1.82, 2.24) is 0 Å². The number of rotatable bonds is 29. The zero-order valence-corrected chi connectivity index (χ0v) is 35.0. The Morgan fingerprint density at radius 1 is 0.474 bits per heavy atom. The van der Waals surface area contributed by atoms with Gasteiger partial charge in [-0.05, 0) is 78.6 Å². The molecule has 0 unspecified atom stereocenters. The maximum atomic E-state index is 12.2. The lowest BCUT2D eigenvalue weighted by Gasteiger charge is -2.09. The summed E-state index contributed by atoms with van der Waals surface area (Å²) in [6.45, 7) is 5.02. The Labute approximate surface area is 343 Å². The minimum Gasteiger partial charge on any atom is -0.449 e. The van der Waals surface area contributed by atoms with Crippen LogP contribution in [0.1, 0.15) is 134 Å². The first-order valence-electron chi connectivity index (χ1n) is 21.9. The topological polar surface area (TPSA) is 84.4 Å². The first kappa shape index (κ1) is 45.1. The molecule has 2 aromatic heterocycles. The fraction of sp³-hybridized carbons (Fsp3) is 0.510. The number of nitrogens with zero attached hydrogens (tertiary/aromatic N) is 2. The van der Waals surface area contributed by atoms with Gasteiger partial charge in [0.2, 0.25) is 5.91 Å². The number of hydrogen-bond acceptors (Lipinski definition) is 4. The fourth-order valence-electron chi connectivity index (χ4n) is 7.18. The first-order chi connectivity index (χ1) is 28.0. The van der Waals surface area contributed by atoms with Crippen molar-refractivity contribution in [2.45, 2.75) is 142 Å². The molecular weight excluding hydrogens is 709 g/mol. The van der Waals surface area contributed by atoms with E-state index in [-0.39, 0.29) is 5.91 Å². The van der Waals surface area contributed by atoms with Crippen LogP contribution in [0, 0.1) is 0 Å². The van der Waals surface area contributed by atoms with E-state index in [4.69, 9.17) is 9.47 Å². The van der Waals surface area contributed by atoms with E-state index in [0.717, 1.165) is 61.5 Å². The van der Waals surface area contributed by atoms with Crippen LogP contribution in [0.5, 0.6) is 0 Å². The van der Waals surface area contributed by atoms with Crippen LogP contribution in [0.4, 0.5) is 16.2 Å². The molecule has 0 radical (unpaired) electrons. The van der Waals surface area contributed by atoms with Gasteiger partial charge in [-0.25, -0.2) is 13.9 Å². The van der Waals surface area contributed by atoms with Crippen LogP contribution in [0.3, 0.4) is 0 Å². The van der Waals surface area contributed by atoms with Gasteiger partial charge in [-0.2, -0.15) is 0 Å². The summed E-state index contributed by atoms with van der Waals surface area (Å²) in [5.74, 6) is -0.0793. The van der Waals surface area contributed by atoms with Crippen LogP contribution in [0.15, 0.2) is 97.6 Å². The highest BCUT2D eigenvalue weighted by atomic mass is 16.5. The van der Waals surface area contributed by atoms with Crippen molar-refractivity contribution < 1.29 is 28.2 Å². The predicted molar refractivity (Wildman–Crippen MR) is 232 cm³/mol. The van der Waals surface area contributed by atoms with E-state index in [1.54, 1.807) is 7.11 Å². The van der Waals surface area contributed by atoms with Gasteiger partial charge in [0.05, 0.1) is 6.61 Å². The van der Waals surface area contributed by atoms with Gasteiger partial charge in [-0.3, -0.25) is 10.1 Å². The zero-order valence-electron chi connectivity index (χ0n) is 35.0. The van der Waals surface area contributed by atoms with E-state index in [0.29, 0.717) is 6.61 Å². The molecule has 8 heteroatoms. The summed E-state index contributed by atoms with van der Waals surface area (Å²) in [5.41, 5.74) is 6.36. The summed E-state index contributed by atoms with van der Waals surface area (Å²) in [5, 5.41) is 5.61. The minimum absolute atomic E-state index is 0.0793. The van der Waals surface area contributed by atoms with Gasteiger partial charge in [0.25, 0.3) is 0 Å². The van der Waals surface area contributed by atoms with Crippen molar-refractivity contribution in [1.29, 1.82) is 0 Å². The molecule has 8 nitrogen and oxygen atoms in total. The number of ether oxygens (including phenoxy) is 2. The normalized spacial score (nSPS) is 11.1. The average molecular weight is 779 g/mol. The van der Waals surface area contributed by atoms with Gasteiger partial charge in [0.1, 0.15) is 13.1 Å². The number of carbonyl (C=O) groups excluding carboxylic acids is 2. The number of nitrogens with one attached hydrogen (secondary N) is 2. The number of carbonyl (C=O) groups is 2. The van der Waals surface area contributed by atoms with Crippen molar-refractivity contribution in [3.05, 3.63) is 109 Å². The van der Waals surface area contributed by atoms with Gasteiger partial charge >= 0.3 is 6.09 Å². The number of anilines is 2. The molecule has 0 aliphatic heterocycles. The number of hydrogen-bond donors (Lipinski definition) is 2. The number of aryl methyl sites for hydroxylation is 2. The molecule has 4 aromatic rings. The number of methoxy groups -OCH3 is 1. The molecular formula is C49H70N4O4+2. The number of amides is 2. The van der Waals surface area contributed by atoms with Crippen molar-refractivity contribution in [3.63, 3.8) is 0 Å². The average Bonchev–Trinajstić information content (AvgIpc) is 3.22. The standard InChI is InChI=1S/C49H68N4O4/c1-42(54)50-47-25-21-43(22-26-47)41-44-23-27-48(28-24-44)51-49(55)57-40-20-16-12-8-4-6-10-14-18-34-53-37-31-46(32-38-53)45-29-35-52(36-30-45)33-17-13-9-5-3-7-11-15-19-39-56-2/h21-32,35-38H,3-20,33-34,39-41H2,1-2H3/p+2. The molecule has 2 N–H and O–H groups in total. The minimum atomic E-state index is -0.405. The van der Waals surface area contributed by atoms with Gasteiger partial charge in [-0.15, -0.1) is 0 Å². The predicted octanol–water partition coefficient (Wildman–Crippen LogP) is 11.4. The van der Waals surface area contributed by atoms with Crippen LogP contribution >= 0.6 is 0 Å². The second-order valence-electron chi connectivity index (χ2n) is 15.5. The number of aromatic nitrogens is 2. The molecule has 57 heavy (non-hydrogen) atoms. The second kappa shape index (κ2) is 27.9. The van der Waals surface area contributed by atoms with Gasteiger partial charge < -0.3 is 14.8 Å². The monoisotopic (exact) mass is 779 g/mol. The van der Waals surface area contributed by atoms with E-state index >= 15 is 0 Å². The largest absolute Gasteiger partial charge is 0.449 e. The summed E-state index contributed by atoms with van der Waals surface area (Å²) in [7, 11) is 1.79. The number of pyridine rings is 2. The van der Waals surface area contributed by atoms with Crippen molar-refractivity contribution in [3.8, 4) is 11.1 Å². The van der Waals surface area contributed by atoms with Crippen molar-refractivity contribution in [2.24, 2.45) is 0 Å².